The number of aryl methyl sites for hydroxylation is 2. The summed E-state index contributed by atoms with van der Waals surface area (Å²) >= 11 is 2.42. The summed E-state index contributed by atoms with van der Waals surface area (Å²) in [5.74, 6) is -0.850. The summed E-state index contributed by atoms with van der Waals surface area (Å²) in [4.78, 5) is 26.0. The average Bonchev–Trinajstić information content (AvgIpc) is 3.25. The van der Waals surface area contributed by atoms with Gasteiger partial charge in [-0.3, -0.25) is 4.79 Å². The largest absolute Gasteiger partial charge is 0.465 e. The van der Waals surface area contributed by atoms with Crippen LogP contribution in [0.15, 0.2) is 17.5 Å². The highest BCUT2D eigenvalue weighted by molar-refractivity contribution is 7.12. The molecule has 0 N–H and O–H groups in total. The van der Waals surface area contributed by atoms with Crippen LogP contribution in [0.5, 0.6) is 0 Å². The van der Waals surface area contributed by atoms with Crippen LogP contribution in [0.1, 0.15) is 31.4 Å². The van der Waals surface area contributed by atoms with E-state index in [0.29, 0.717) is 26.8 Å². The van der Waals surface area contributed by atoms with Crippen molar-refractivity contribution in [2.45, 2.75) is 13.8 Å². The number of nitrogens with zero attached hydrogens (tertiary/aromatic N) is 4. The molecule has 0 atom stereocenters. The fraction of sp³-hybridized carbons (Fsp3) is 0.214. The van der Waals surface area contributed by atoms with Gasteiger partial charge in [-0.15, -0.1) is 16.4 Å². The standard InChI is InChI=1S/C14H12N4O3S2/c1-7-10(14(20)21-3)11(12-8(2)15-17-23-12)18(16-7)13(19)9-5-4-6-22-9/h4-6H,1-3H3. The van der Waals surface area contributed by atoms with E-state index in [1.54, 1.807) is 26.0 Å². The summed E-state index contributed by atoms with van der Waals surface area (Å²) in [6, 6.07) is 3.50. The van der Waals surface area contributed by atoms with Crippen molar-refractivity contribution in [3.63, 3.8) is 0 Å². The van der Waals surface area contributed by atoms with Gasteiger partial charge in [0.05, 0.1) is 28.3 Å². The lowest BCUT2D eigenvalue weighted by Gasteiger charge is -2.05. The Morgan fingerprint density at radius 3 is 2.61 bits per heavy atom. The number of carbonyl (C=O) groups is 2. The molecule has 0 saturated heterocycles. The second-order valence-electron chi connectivity index (χ2n) is 4.68. The predicted octanol–water partition coefficient (Wildman–Crippen LogP) is 2.56. The van der Waals surface area contributed by atoms with Crippen LogP contribution >= 0.6 is 22.9 Å². The summed E-state index contributed by atoms with van der Waals surface area (Å²) in [6.45, 7) is 3.43. The number of carbonyl (C=O) groups excluding carboxylic acids is 2. The van der Waals surface area contributed by atoms with Gasteiger partial charge in [0.1, 0.15) is 11.3 Å². The maximum absolute atomic E-state index is 12.7. The van der Waals surface area contributed by atoms with E-state index in [4.69, 9.17) is 4.74 Å². The number of esters is 1. The van der Waals surface area contributed by atoms with E-state index in [1.165, 1.54) is 23.1 Å². The molecule has 0 spiro atoms. The molecule has 0 saturated carbocycles. The zero-order valence-electron chi connectivity index (χ0n) is 12.6. The summed E-state index contributed by atoms with van der Waals surface area (Å²) in [5.41, 5.74) is 1.68. The van der Waals surface area contributed by atoms with Crippen LogP contribution in [-0.2, 0) is 4.74 Å². The van der Waals surface area contributed by atoms with Crippen molar-refractivity contribution in [1.82, 2.24) is 19.4 Å². The first-order chi connectivity index (χ1) is 11.0. The minimum atomic E-state index is -0.546. The first-order valence-corrected chi connectivity index (χ1v) is 8.25. The molecule has 0 aliphatic carbocycles. The van der Waals surface area contributed by atoms with Gasteiger partial charge in [0, 0.05) is 0 Å². The molecule has 0 aromatic carbocycles. The van der Waals surface area contributed by atoms with Gasteiger partial charge in [0.2, 0.25) is 0 Å². The number of rotatable bonds is 3. The van der Waals surface area contributed by atoms with Crippen molar-refractivity contribution in [2.75, 3.05) is 7.11 Å². The molecular formula is C14H12N4O3S2. The molecular weight excluding hydrogens is 336 g/mol. The van der Waals surface area contributed by atoms with Gasteiger partial charge in [-0.05, 0) is 36.8 Å². The van der Waals surface area contributed by atoms with Crippen LogP contribution in [0, 0.1) is 13.8 Å². The lowest BCUT2D eigenvalue weighted by Crippen LogP contribution is -2.14. The molecule has 0 radical (unpaired) electrons. The Morgan fingerprint density at radius 1 is 1.26 bits per heavy atom. The van der Waals surface area contributed by atoms with Gasteiger partial charge in [-0.1, -0.05) is 10.6 Å². The molecule has 0 bridgehead atoms. The highest BCUT2D eigenvalue weighted by atomic mass is 32.1. The molecule has 3 rings (SSSR count). The third-order valence-corrected chi connectivity index (χ3v) is 4.93. The topological polar surface area (TPSA) is 87.0 Å². The SMILES string of the molecule is COC(=O)c1c(C)nn(C(=O)c2cccs2)c1-c1snnc1C. The van der Waals surface area contributed by atoms with Crippen LogP contribution in [0.4, 0.5) is 0 Å². The van der Waals surface area contributed by atoms with Crippen LogP contribution in [-0.4, -0.2) is 38.4 Å². The molecule has 0 unspecified atom stereocenters. The molecule has 3 heterocycles. The second-order valence-corrected chi connectivity index (χ2v) is 6.38. The zero-order chi connectivity index (χ0) is 16.6. The predicted molar refractivity (Wildman–Crippen MR) is 86.0 cm³/mol. The van der Waals surface area contributed by atoms with Gasteiger partial charge in [0.25, 0.3) is 5.91 Å². The van der Waals surface area contributed by atoms with Gasteiger partial charge >= 0.3 is 5.97 Å². The van der Waals surface area contributed by atoms with Crippen molar-refractivity contribution in [3.05, 3.63) is 39.3 Å². The van der Waals surface area contributed by atoms with Crippen molar-refractivity contribution in [1.29, 1.82) is 0 Å². The van der Waals surface area contributed by atoms with Crippen LogP contribution in [0.3, 0.4) is 0 Å². The number of thiophene rings is 1. The van der Waals surface area contributed by atoms with Gasteiger partial charge in [-0.25, -0.2) is 4.79 Å². The van der Waals surface area contributed by atoms with Crippen molar-refractivity contribution < 1.29 is 14.3 Å². The molecule has 0 aliphatic heterocycles. The Bertz CT molecular complexity index is 880. The highest BCUT2D eigenvalue weighted by Crippen LogP contribution is 2.32. The fourth-order valence-corrected chi connectivity index (χ4v) is 3.52. The molecule has 0 amide bonds. The van der Waals surface area contributed by atoms with E-state index in [1.807, 2.05) is 5.38 Å². The van der Waals surface area contributed by atoms with E-state index in [-0.39, 0.29) is 11.5 Å². The molecule has 7 nitrogen and oxygen atoms in total. The fourth-order valence-electron chi connectivity index (χ4n) is 2.18. The third kappa shape index (κ3) is 2.57. The van der Waals surface area contributed by atoms with Gasteiger partial charge in [-0.2, -0.15) is 9.78 Å². The van der Waals surface area contributed by atoms with Gasteiger partial charge in [0.15, 0.2) is 0 Å². The van der Waals surface area contributed by atoms with Crippen molar-refractivity contribution in [2.24, 2.45) is 0 Å². The molecule has 3 aromatic rings. The summed E-state index contributed by atoms with van der Waals surface area (Å²) in [5, 5.41) is 10.0. The number of ether oxygens (including phenoxy) is 1. The van der Waals surface area contributed by atoms with E-state index in [9.17, 15) is 9.59 Å². The minimum Gasteiger partial charge on any atom is -0.465 e. The second kappa shape index (κ2) is 6.01. The lowest BCUT2D eigenvalue weighted by molar-refractivity contribution is 0.0601. The molecule has 23 heavy (non-hydrogen) atoms. The van der Waals surface area contributed by atoms with E-state index < -0.39 is 5.97 Å². The number of hydrogen-bond donors (Lipinski definition) is 0. The maximum Gasteiger partial charge on any atom is 0.342 e. The van der Waals surface area contributed by atoms with Crippen LogP contribution in [0.2, 0.25) is 0 Å². The number of methoxy groups -OCH3 is 1. The van der Waals surface area contributed by atoms with Crippen LogP contribution in [0.25, 0.3) is 10.6 Å². The summed E-state index contributed by atoms with van der Waals surface area (Å²) in [6.07, 6.45) is 0. The first-order valence-electron chi connectivity index (χ1n) is 6.60. The normalized spacial score (nSPS) is 10.7. The Labute approximate surface area is 139 Å². The average molecular weight is 348 g/mol. The monoisotopic (exact) mass is 348 g/mol. The summed E-state index contributed by atoms with van der Waals surface area (Å²) < 4.78 is 9.96. The summed E-state index contributed by atoms with van der Waals surface area (Å²) in [7, 11) is 1.29. The van der Waals surface area contributed by atoms with Crippen molar-refractivity contribution >= 4 is 34.7 Å². The minimum absolute atomic E-state index is 0.256. The Balaban J connectivity index is 2.27. The van der Waals surface area contributed by atoms with Gasteiger partial charge < -0.3 is 4.74 Å². The molecule has 0 aliphatic rings. The molecule has 3 aromatic heterocycles. The Kier molecular flexibility index (Phi) is 4.05. The molecule has 0 fully saturated rings. The number of hydrogen-bond acceptors (Lipinski definition) is 8. The smallest absolute Gasteiger partial charge is 0.342 e. The van der Waals surface area contributed by atoms with E-state index in [2.05, 4.69) is 14.7 Å². The third-order valence-electron chi connectivity index (χ3n) is 3.24. The molecule has 9 heteroatoms. The molecule has 118 valence electrons. The van der Waals surface area contributed by atoms with E-state index in [0.717, 1.165) is 11.5 Å². The van der Waals surface area contributed by atoms with Crippen molar-refractivity contribution in [3.8, 4) is 10.6 Å². The van der Waals surface area contributed by atoms with E-state index >= 15 is 0 Å². The maximum atomic E-state index is 12.7. The number of aromatic nitrogens is 4. The quantitative estimate of drug-likeness (QED) is 0.676. The highest BCUT2D eigenvalue weighted by Gasteiger charge is 2.29. The van der Waals surface area contributed by atoms with Crippen LogP contribution < -0.4 is 0 Å². The first kappa shape index (κ1) is 15.5. The Morgan fingerprint density at radius 2 is 2.04 bits per heavy atom. The Hall–Kier alpha value is -2.39. The lowest BCUT2D eigenvalue weighted by atomic mass is 10.1. The zero-order valence-corrected chi connectivity index (χ0v) is 14.2.